The molecule has 0 fully saturated rings. The zero-order chi connectivity index (χ0) is 34.2. The third-order valence-electron chi connectivity index (χ3n) is 9.05. The van der Waals surface area contributed by atoms with E-state index in [1.54, 1.807) is 17.4 Å². The van der Waals surface area contributed by atoms with Crippen molar-refractivity contribution in [1.29, 1.82) is 0 Å². The van der Waals surface area contributed by atoms with E-state index in [1.807, 2.05) is 25.3 Å². The lowest BCUT2D eigenvalue weighted by molar-refractivity contribution is -0.380. The SMILES string of the molecule is CCC(CC)c1cc(C)nc2c(-c3sc([N+](=O)[O-])cc3C)c(C)nn12.CCC(CC)c1cc(C)nc2c(-c3sccc3C)c(C)nn12. The van der Waals surface area contributed by atoms with Crippen LogP contribution in [0.25, 0.3) is 32.2 Å². The Kier molecular flexibility index (Phi) is 10.3. The number of rotatable bonds is 9. The summed E-state index contributed by atoms with van der Waals surface area (Å²) in [7, 11) is 0. The van der Waals surface area contributed by atoms with Crippen molar-refractivity contribution in [3.8, 4) is 20.9 Å². The molecule has 47 heavy (non-hydrogen) atoms. The van der Waals surface area contributed by atoms with Gasteiger partial charge in [-0.25, -0.2) is 19.0 Å². The van der Waals surface area contributed by atoms with E-state index in [1.165, 1.54) is 33.0 Å². The molecule has 0 amide bonds. The molecule has 0 spiro atoms. The van der Waals surface area contributed by atoms with Gasteiger partial charge in [-0.15, -0.1) is 11.3 Å². The number of aryl methyl sites for hydroxylation is 6. The molecule has 0 aliphatic heterocycles. The van der Waals surface area contributed by atoms with Crippen molar-refractivity contribution in [2.45, 2.75) is 107 Å². The highest BCUT2D eigenvalue weighted by molar-refractivity contribution is 7.19. The van der Waals surface area contributed by atoms with Crippen molar-refractivity contribution in [3.63, 3.8) is 0 Å². The second-order valence-corrected chi connectivity index (χ2v) is 14.3. The number of aromatic nitrogens is 6. The molecule has 11 heteroatoms. The molecule has 0 saturated carbocycles. The fourth-order valence-corrected chi connectivity index (χ4v) is 8.60. The molecular weight excluding hydrogens is 627 g/mol. The number of thiophene rings is 2. The highest BCUT2D eigenvalue weighted by Gasteiger charge is 2.24. The van der Waals surface area contributed by atoms with Crippen molar-refractivity contribution >= 4 is 39.0 Å². The van der Waals surface area contributed by atoms with Crippen LogP contribution in [0.3, 0.4) is 0 Å². The summed E-state index contributed by atoms with van der Waals surface area (Å²) in [5.41, 5.74) is 12.5. The zero-order valence-corrected chi connectivity index (χ0v) is 30.8. The Labute approximate surface area is 284 Å². The van der Waals surface area contributed by atoms with Crippen LogP contribution in [0, 0.1) is 51.7 Å². The van der Waals surface area contributed by atoms with Crippen LogP contribution in [0.15, 0.2) is 29.6 Å². The minimum absolute atomic E-state index is 0.152. The molecule has 0 radical (unpaired) electrons. The first kappa shape index (κ1) is 34.4. The fourth-order valence-electron chi connectivity index (χ4n) is 6.51. The van der Waals surface area contributed by atoms with Gasteiger partial charge >= 0.3 is 5.00 Å². The molecule has 6 rings (SSSR count). The maximum Gasteiger partial charge on any atom is 0.324 e. The summed E-state index contributed by atoms with van der Waals surface area (Å²) in [6, 6.07) is 8.09. The van der Waals surface area contributed by atoms with Crippen molar-refractivity contribution in [2.24, 2.45) is 0 Å². The molecule has 9 nitrogen and oxygen atoms in total. The summed E-state index contributed by atoms with van der Waals surface area (Å²) < 4.78 is 4.01. The third kappa shape index (κ3) is 6.47. The Morgan fingerprint density at radius 1 is 0.723 bits per heavy atom. The molecule has 0 saturated heterocycles. The highest BCUT2D eigenvalue weighted by atomic mass is 32.1. The summed E-state index contributed by atoms with van der Waals surface area (Å²) in [4.78, 5) is 22.5. The predicted molar refractivity (Wildman–Crippen MR) is 194 cm³/mol. The molecule has 0 unspecified atom stereocenters. The lowest BCUT2D eigenvalue weighted by Crippen LogP contribution is -2.07. The van der Waals surface area contributed by atoms with Gasteiger partial charge in [0.2, 0.25) is 0 Å². The first-order chi connectivity index (χ1) is 22.4. The van der Waals surface area contributed by atoms with E-state index >= 15 is 0 Å². The van der Waals surface area contributed by atoms with E-state index in [2.05, 4.69) is 76.6 Å². The molecule has 248 valence electrons. The Hall–Kier alpha value is -3.96. The van der Waals surface area contributed by atoms with Crippen LogP contribution < -0.4 is 0 Å². The van der Waals surface area contributed by atoms with Crippen LogP contribution in [0.5, 0.6) is 0 Å². The van der Waals surface area contributed by atoms with Gasteiger partial charge in [0.1, 0.15) is 0 Å². The molecular formula is C36H45N7O2S2. The van der Waals surface area contributed by atoms with E-state index in [-0.39, 0.29) is 9.92 Å². The highest BCUT2D eigenvalue weighted by Crippen LogP contribution is 2.41. The van der Waals surface area contributed by atoms with Gasteiger partial charge in [-0.2, -0.15) is 10.2 Å². The van der Waals surface area contributed by atoms with E-state index in [9.17, 15) is 10.1 Å². The number of fused-ring (bicyclic) bond motifs is 2. The average Bonchev–Trinajstić information content (AvgIpc) is 3.78. The van der Waals surface area contributed by atoms with E-state index in [0.717, 1.165) is 81.5 Å². The predicted octanol–water partition coefficient (Wildman–Crippen LogP) is 10.5. The summed E-state index contributed by atoms with van der Waals surface area (Å²) in [6.45, 7) is 21.0. The minimum Gasteiger partial charge on any atom is -0.258 e. The van der Waals surface area contributed by atoms with E-state index in [0.29, 0.717) is 11.8 Å². The van der Waals surface area contributed by atoms with E-state index < -0.39 is 0 Å². The number of hydrogen-bond acceptors (Lipinski definition) is 8. The molecule has 0 aromatic carbocycles. The average molecular weight is 672 g/mol. The second kappa shape index (κ2) is 14.0. The van der Waals surface area contributed by atoms with Gasteiger partial charge in [0.05, 0.1) is 27.4 Å². The fraction of sp³-hybridized carbons (Fsp3) is 0.444. The summed E-state index contributed by atoms with van der Waals surface area (Å²) in [5.74, 6) is 0.941. The molecule has 6 heterocycles. The standard InChI is InChI=1S/C18H22N4O2S.C18H23N3S/c1-6-13(7-2)14-9-11(4)19-18-16(12(5)20-21(14)18)17-10(3)8-15(25-17)22(23)24;1-6-14(7-2)15-10-12(4)19-18-16(13(5)20-21(15)18)17-11(3)8-9-22-17/h8-9,13H,6-7H2,1-5H3;8-10,14H,6-7H2,1-5H3. The molecule has 6 aromatic heterocycles. The maximum absolute atomic E-state index is 11.1. The van der Waals surface area contributed by atoms with Crippen molar-refractivity contribution < 1.29 is 4.92 Å². The van der Waals surface area contributed by atoms with Crippen LogP contribution >= 0.6 is 22.7 Å². The van der Waals surface area contributed by atoms with Crippen LogP contribution in [-0.2, 0) is 0 Å². The molecule has 6 aromatic rings. The Balaban J connectivity index is 0.000000186. The Morgan fingerprint density at radius 2 is 1.19 bits per heavy atom. The summed E-state index contributed by atoms with van der Waals surface area (Å²) >= 11 is 2.97. The van der Waals surface area contributed by atoms with Crippen LogP contribution in [0.1, 0.15) is 111 Å². The monoisotopic (exact) mass is 671 g/mol. The normalized spacial score (nSPS) is 11.7. The molecule has 0 aliphatic rings. The maximum atomic E-state index is 11.1. The molecule has 0 atom stereocenters. The topological polar surface area (TPSA) is 104 Å². The third-order valence-corrected chi connectivity index (χ3v) is 11.3. The van der Waals surface area contributed by atoms with Crippen LogP contribution in [-0.4, -0.2) is 34.1 Å². The van der Waals surface area contributed by atoms with Gasteiger partial charge in [0, 0.05) is 50.4 Å². The van der Waals surface area contributed by atoms with Gasteiger partial charge in [-0.1, -0.05) is 39.0 Å². The summed E-state index contributed by atoms with van der Waals surface area (Å²) in [5, 5.41) is 23.0. The zero-order valence-electron chi connectivity index (χ0n) is 29.1. The smallest absolute Gasteiger partial charge is 0.258 e. The quantitative estimate of drug-likeness (QED) is 0.112. The van der Waals surface area contributed by atoms with Crippen LogP contribution in [0.4, 0.5) is 5.00 Å². The minimum atomic E-state index is -0.337. The number of hydrogen-bond donors (Lipinski definition) is 0. The van der Waals surface area contributed by atoms with Gasteiger partial charge in [0.15, 0.2) is 11.3 Å². The van der Waals surface area contributed by atoms with Crippen molar-refractivity contribution in [3.05, 3.63) is 85.1 Å². The summed E-state index contributed by atoms with van der Waals surface area (Å²) in [6.07, 6.45) is 4.32. The van der Waals surface area contributed by atoms with Crippen LogP contribution in [0.2, 0.25) is 0 Å². The van der Waals surface area contributed by atoms with Crippen molar-refractivity contribution in [2.75, 3.05) is 0 Å². The van der Waals surface area contributed by atoms with E-state index in [4.69, 9.17) is 20.2 Å². The molecule has 0 bridgehead atoms. The Bertz CT molecular complexity index is 2060. The van der Waals surface area contributed by atoms with Gasteiger partial charge in [-0.3, -0.25) is 10.1 Å². The number of nitro groups is 1. The Morgan fingerprint density at radius 3 is 1.57 bits per heavy atom. The largest absolute Gasteiger partial charge is 0.324 e. The first-order valence-electron chi connectivity index (χ1n) is 16.5. The molecule has 0 aliphatic carbocycles. The first-order valence-corrected chi connectivity index (χ1v) is 18.2. The van der Waals surface area contributed by atoms with Gasteiger partial charge in [0.25, 0.3) is 0 Å². The lowest BCUT2D eigenvalue weighted by atomic mass is 9.98. The number of nitrogens with zero attached hydrogens (tertiary/aromatic N) is 7. The van der Waals surface area contributed by atoms with Gasteiger partial charge in [-0.05, 0) is 102 Å². The molecule has 0 N–H and O–H groups in total. The lowest BCUT2D eigenvalue weighted by Gasteiger charge is -2.15. The van der Waals surface area contributed by atoms with Crippen molar-refractivity contribution in [1.82, 2.24) is 29.2 Å². The second-order valence-electron chi connectivity index (χ2n) is 12.3. The van der Waals surface area contributed by atoms with Gasteiger partial charge < -0.3 is 0 Å².